The predicted octanol–water partition coefficient (Wildman–Crippen LogP) is 5.16. The third-order valence-corrected chi connectivity index (χ3v) is 10.8. The Kier molecular flexibility index (Phi) is 3.99. The number of hydrogen-bond acceptors (Lipinski definition) is 3. The largest absolute Gasteiger partial charge is 0.472 e. The van der Waals surface area contributed by atoms with Crippen LogP contribution in [0.1, 0.15) is 58.6 Å². The van der Waals surface area contributed by atoms with Crippen molar-refractivity contribution in [3.63, 3.8) is 0 Å². The van der Waals surface area contributed by atoms with Gasteiger partial charge in [0.1, 0.15) is 5.60 Å². The molecule has 1 heterocycles. The third-order valence-electron chi connectivity index (χ3n) is 6.30. The highest BCUT2D eigenvalue weighted by atomic mass is 28.4. The summed E-state index contributed by atoms with van der Waals surface area (Å²) in [5, 5.41) is 11.8. The van der Waals surface area contributed by atoms with Crippen molar-refractivity contribution in [2.75, 3.05) is 0 Å². The fraction of sp³-hybridized carbons (Fsp3) is 0.700. The first kappa shape index (κ1) is 18.0. The van der Waals surface area contributed by atoms with Gasteiger partial charge in [-0.1, -0.05) is 34.6 Å². The van der Waals surface area contributed by atoms with Crippen LogP contribution in [0.3, 0.4) is 0 Å². The molecule has 3 rings (SSSR count). The molecule has 0 unspecified atom stereocenters. The maximum atomic E-state index is 11.7. The van der Waals surface area contributed by atoms with Crippen molar-refractivity contribution in [2.24, 2.45) is 5.41 Å². The first-order chi connectivity index (χ1) is 10.8. The maximum Gasteiger partial charge on any atom is 0.192 e. The molecule has 0 bridgehead atoms. The molecular weight excluding hydrogens is 316 g/mol. The van der Waals surface area contributed by atoms with E-state index >= 15 is 0 Å². The minimum Gasteiger partial charge on any atom is -0.472 e. The lowest BCUT2D eigenvalue weighted by atomic mass is 9.63. The zero-order valence-corrected chi connectivity index (χ0v) is 17.2. The van der Waals surface area contributed by atoms with Gasteiger partial charge in [-0.3, -0.25) is 0 Å². The normalized spacial score (nSPS) is 29.7. The Hall–Kier alpha value is -0.843. The summed E-state index contributed by atoms with van der Waals surface area (Å²) in [5.74, 6) is 0. The van der Waals surface area contributed by atoms with Gasteiger partial charge in [-0.25, -0.2) is 0 Å². The lowest BCUT2D eigenvalue weighted by molar-refractivity contribution is -0.0810. The van der Waals surface area contributed by atoms with Crippen LogP contribution < -0.4 is 0 Å². The van der Waals surface area contributed by atoms with Crippen LogP contribution in [-0.4, -0.2) is 25.1 Å². The summed E-state index contributed by atoms with van der Waals surface area (Å²) < 4.78 is 12.1. The van der Waals surface area contributed by atoms with Gasteiger partial charge in [0.25, 0.3) is 0 Å². The van der Waals surface area contributed by atoms with Crippen LogP contribution in [0.5, 0.6) is 0 Å². The second-order valence-electron chi connectivity index (χ2n) is 10.0. The van der Waals surface area contributed by atoms with E-state index < -0.39 is 13.9 Å². The van der Waals surface area contributed by atoms with Crippen molar-refractivity contribution in [2.45, 2.75) is 83.7 Å². The highest BCUT2D eigenvalue weighted by molar-refractivity contribution is 6.74. The summed E-state index contributed by atoms with van der Waals surface area (Å²) in [6.07, 6.45) is 7.92. The SMILES string of the molecule is CC1(C)CC2=Cc3cocc3C[C@]2(O)[C@H](O[Si](C)(C)C(C)(C)C)C1. The van der Waals surface area contributed by atoms with Crippen LogP contribution in [0.2, 0.25) is 18.1 Å². The molecule has 1 saturated carbocycles. The monoisotopic (exact) mass is 348 g/mol. The van der Waals surface area contributed by atoms with Crippen LogP contribution >= 0.6 is 0 Å². The van der Waals surface area contributed by atoms with Crippen LogP contribution in [0.25, 0.3) is 6.08 Å². The summed E-state index contributed by atoms with van der Waals surface area (Å²) in [6.45, 7) is 15.9. The Labute approximate surface area is 147 Å². The molecule has 0 aliphatic heterocycles. The molecule has 2 aliphatic carbocycles. The van der Waals surface area contributed by atoms with E-state index in [0.29, 0.717) is 6.42 Å². The Morgan fingerprint density at radius 1 is 1.21 bits per heavy atom. The van der Waals surface area contributed by atoms with Gasteiger partial charge in [0.05, 0.1) is 18.6 Å². The van der Waals surface area contributed by atoms with E-state index in [-0.39, 0.29) is 16.6 Å². The lowest BCUT2D eigenvalue weighted by Gasteiger charge is -2.52. The molecule has 0 saturated heterocycles. The van der Waals surface area contributed by atoms with Gasteiger partial charge in [0.2, 0.25) is 0 Å². The van der Waals surface area contributed by atoms with Crippen LogP contribution in [0.15, 0.2) is 22.5 Å². The molecule has 134 valence electrons. The van der Waals surface area contributed by atoms with Gasteiger partial charge in [-0.15, -0.1) is 0 Å². The number of aliphatic hydroxyl groups is 1. The predicted molar refractivity (Wildman–Crippen MR) is 100 cm³/mol. The van der Waals surface area contributed by atoms with Gasteiger partial charge >= 0.3 is 0 Å². The molecule has 0 amide bonds. The fourth-order valence-corrected chi connectivity index (χ4v) is 5.12. The van der Waals surface area contributed by atoms with E-state index in [0.717, 1.165) is 29.5 Å². The van der Waals surface area contributed by atoms with E-state index in [4.69, 9.17) is 8.84 Å². The summed E-state index contributed by atoms with van der Waals surface area (Å²) in [4.78, 5) is 0. The number of hydrogen-bond donors (Lipinski definition) is 1. The molecule has 0 radical (unpaired) electrons. The highest BCUT2D eigenvalue weighted by Gasteiger charge is 2.53. The maximum absolute atomic E-state index is 11.7. The molecular formula is C20H32O3Si. The lowest BCUT2D eigenvalue weighted by Crippen LogP contribution is -2.58. The average molecular weight is 349 g/mol. The Morgan fingerprint density at radius 2 is 1.88 bits per heavy atom. The standard InChI is InChI=1S/C20H32O3Si/c1-18(2,3)24(6,7)23-17-11-19(4,5)10-16-8-14-12-22-13-15(14)9-20(16,17)21/h8,12-13,17,21H,9-11H2,1-7H3/t17-,20-/m1/s1. The molecule has 1 aromatic heterocycles. The molecule has 2 atom stereocenters. The summed E-state index contributed by atoms with van der Waals surface area (Å²) in [6, 6.07) is 0. The molecule has 1 N–H and O–H groups in total. The molecule has 3 nitrogen and oxygen atoms in total. The average Bonchev–Trinajstić information content (AvgIpc) is 2.81. The van der Waals surface area contributed by atoms with Crippen LogP contribution in [0.4, 0.5) is 0 Å². The zero-order valence-electron chi connectivity index (χ0n) is 16.2. The van der Waals surface area contributed by atoms with Crippen molar-refractivity contribution in [3.05, 3.63) is 29.2 Å². The van der Waals surface area contributed by atoms with Crippen molar-refractivity contribution in [1.82, 2.24) is 0 Å². The van der Waals surface area contributed by atoms with Gasteiger partial charge < -0.3 is 13.9 Å². The fourth-order valence-electron chi connectivity index (χ4n) is 3.77. The van der Waals surface area contributed by atoms with Gasteiger partial charge in [0.15, 0.2) is 8.32 Å². The van der Waals surface area contributed by atoms with Crippen LogP contribution in [-0.2, 0) is 10.8 Å². The molecule has 0 spiro atoms. The van der Waals surface area contributed by atoms with Crippen molar-refractivity contribution < 1.29 is 13.9 Å². The molecule has 0 aromatic carbocycles. The Bertz CT molecular complexity index is 663. The van der Waals surface area contributed by atoms with Crippen molar-refractivity contribution >= 4 is 14.4 Å². The highest BCUT2D eigenvalue weighted by Crippen LogP contribution is 2.51. The first-order valence-corrected chi connectivity index (χ1v) is 11.9. The van der Waals surface area contributed by atoms with E-state index in [1.807, 2.05) is 0 Å². The summed E-state index contributed by atoms with van der Waals surface area (Å²) in [5.41, 5.74) is 2.54. The Balaban J connectivity index is 2.00. The molecule has 1 fully saturated rings. The molecule has 4 heteroatoms. The summed E-state index contributed by atoms with van der Waals surface area (Å²) >= 11 is 0. The van der Waals surface area contributed by atoms with E-state index in [9.17, 15) is 5.11 Å². The summed E-state index contributed by atoms with van der Waals surface area (Å²) in [7, 11) is -1.96. The first-order valence-electron chi connectivity index (χ1n) is 9.00. The van der Waals surface area contributed by atoms with Gasteiger partial charge in [-0.05, 0) is 48.0 Å². The number of rotatable bonds is 2. The number of fused-ring (bicyclic) bond motifs is 2. The molecule has 2 aliphatic rings. The Morgan fingerprint density at radius 3 is 2.50 bits per heavy atom. The van der Waals surface area contributed by atoms with Crippen molar-refractivity contribution in [1.29, 1.82) is 0 Å². The molecule has 24 heavy (non-hydrogen) atoms. The van der Waals surface area contributed by atoms with E-state index in [1.54, 1.807) is 12.5 Å². The van der Waals surface area contributed by atoms with Crippen LogP contribution in [0, 0.1) is 5.41 Å². The quantitative estimate of drug-likeness (QED) is 0.751. The van der Waals surface area contributed by atoms with Gasteiger partial charge in [-0.2, -0.15) is 0 Å². The minimum atomic E-state index is -1.96. The van der Waals surface area contributed by atoms with E-state index in [1.165, 1.54) is 0 Å². The smallest absolute Gasteiger partial charge is 0.192 e. The van der Waals surface area contributed by atoms with Gasteiger partial charge in [0, 0.05) is 17.5 Å². The second-order valence-corrected chi connectivity index (χ2v) is 14.8. The van der Waals surface area contributed by atoms with Crippen molar-refractivity contribution in [3.8, 4) is 0 Å². The zero-order chi connectivity index (χ0) is 18.0. The third kappa shape index (κ3) is 2.93. The number of furan rings is 1. The van der Waals surface area contributed by atoms with E-state index in [2.05, 4.69) is 53.8 Å². The minimum absolute atomic E-state index is 0.129. The second kappa shape index (κ2) is 5.32. The topological polar surface area (TPSA) is 42.6 Å². The molecule has 1 aromatic rings.